The highest BCUT2D eigenvalue weighted by molar-refractivity contribution is 6.31. The van der Waals surface area contributed by atoms with E-state index in [1.54, 1.807) is 24.3 Å². The van der Waals surface area contributed by atoms with Crippen LogP contribution in [0, 0.1) is 10.1 Å². The summed E-state index contributed by atoms with van der Waals surface area (Å²) in [5.74, 6) is -0.305. The minimum atomic E-state index is -0.753. The molecule has 4 rings (SSSR count). The van der Waals surface area contributed by atoms with E-state index >= 15 is 0 Å². The lowest BCUT2D eigenvalue weighted by atomic mass is 10.1. The van der Waals surface area contributed by atoms with Crippen LogP contribution in [0.2, 0.25) is 5.02 Å². The molecule has 0 atom stereocenters. The number of non-ortho nitro benzene ring substituents is 1. The smallest absolute Gasteiger partial charge is 0.374 e. The molecule has 0 unspecified atom stereocenters. The number of halogens is 1. The molecule has 0 spiro atoms. The Morgan fingerprint density at radius 1 is 1.17 bits per heavy atom. The summed E-state index contributed by atoms with van der Waals surface area (Å²) in [6.07, 6.45) is 0. The van der Waals surface area contributed by atoms with E-state index in [-0.39, 0.29) is 29.4 Å². The summed E-state index contributed by atoms with van der Waals surface area (Å²) >= 11 is 5.92. The predicted molar refractivity (Wildman–Crippen MR) is 107 cm³/mol. The molecule has 0 amide bonds. The topological polar surface area (TPSA) is 128 Å². The van der Waals surface area contributed by atoms with E-state index in [4.69, 9.17) is 20.8 Å². The van der Waals surface area contributed by atoms with Crippen molar-refractivity contribution in [1.29, 1.82) is 0 Å². The van der Waals surface area contributed by atoms with Crippen molar-refractivity contribution in [2.45, 2.75) is 6.61 Å². The van der Waals surface area contributed by atoms with Gasteiger partial charge in [-0.05, 0) is 42.5 Å². The van der Waals surface area contributed by atoms with E-state index in [1.165, 1.54) is 30.3 Å². The first-order chi connectivity index (χ1) is 14.4. The Bertz CT molecular complexity index is 1330. The summed E-state index contributed by atoms with van der Waals surface area (Å²) in [7, 11) is 0. The van der Waals surface area contributed by atoms with Crippen LogP contribution in [0.1, 0.15) is 16.4 Å². The second kappa shape index (κ2) is 7.80. The summed E-state index contributed by atoms with van der Waals surface area (Å²) in [6.45, 7) is -0.274. The highest BCUT2D eigenvalue weighted by atomic mass is 35.5. The number of esters is 1. The second-order valence-corrected chi connectivity index (χ2v) is 6.65. The molecule has 0 bridgehead atoms. The SMILES string of the molecule is O=C(OCc1nc2cc(Cl)ccc2c(=O)[nH]1)c1ccc(-c2ccc([N+](=O)[O-])cc2)o1. The first-order valence-electron chi connectivity index (χ1n) is 8.61. The molecule has 2 aromatic carbocycles. The Morgan fingerprint density at radius 3 is 2.67 bits per heavy atom. The number of hydrogen-bond donors (Lipinski definition) is 1. The number of nitro benzene ring substituents is 1. The first kappa shape index (κ1) is 19.3. The third-order valence-electron chi connectivity index (χ3n) is 4.23. The molecule has 0 aliphatic rings. The van der Waals surface area contributed by atoms with Crippen LogP contribution in [0.4, 0.5) is 5.69 Å². The Labute approximate surface area is 173 Å². The second-order valence-electron chi connectivity index (χ2n) is 6.22. The maximum Gasteiger partial charge on any atom is 0.374 e. The van der Waals surface area contributed by atoms with Crippen LogP contribution in [0.3, 0.4) is 0 Å². The van der Waals surface area contributed by atoms with Crippen LogP contribution in [0.25, 0.3) is 22.2 Å². The first-order valence-corrected chi connectivity index (χ1v) is 8.99. The van der Waals surface area contributed by atoms with Gasteiger partial charge in [0.25, 0.3) is 11.2 Å². The van der Waals surface area contributed by atoms with Gasteiger partial charge in [0.15, 0.2) is 0 Å². The molecule has 2 aromatic heterocycles. The van der Waals surface area contributed by atoms with Gasteiger partial charge in [0.05, 0.1) is 15.8 Å². The minimum absolute atomic E-state index is 0.0527. The number of furan rings is 1. The summed E-state index contributed by atoms with van der Waals surface area (Å²) < 4.78 is 10.6. The van der Waals surface area contributed by atoms with Crippen LogP contribution in [-0.2, 0) is 11.3 Å². The fourth-order valence-electron chi connectivity index (χ4n) is 2.78. The zero-order valence-corrected chi connectivity index (χ0v) is 15.9. The van der Waals surface area contributed by atoms with Gasteiger partial charge in [0, 0.05) is 22.7 Å². The number of nitro groups is 1. The van der Waals surface area contributed by atoms with Gasteiger partial charge < -0.3 is 14.1 Å². The van der Waals surface area contributed by atoms with Crippen LogP contribution >= 0.6 is 11.6 Å². The molecule has 0 aliphatic heterocycles. The molecule has 0 saturated heterocycles. The largest absolute Gasteiger partial charge is 0.452 e. The highest BCUT2D eigenvalue weighted by Crippen LogP contribution is 2.25. The van der Waals surface area contributed by atoms with Crippen molar-refractivity contribution in [3.8, 4) is 11.3 Å². The number of aromatic amines is 1. The molecule has 0 radical (unpaired) electrons. The number of hydrogen-bond acceptors (Lipinski definition) is 7. The van der Waals surface area contributed by atoms with Gasteiger partial charge in [0.2, 0.25) is 5.76 Å². The number of H-pyrrole nitrogens is 1. The molecule has 4 aromatic rings. The Balaban J connectivity index is 1.48. The van der Waals surface area contributed by atoms with E-state index < -0.39 is 10.9 Å². The third kappa shape index (κ3) is 3.91. The zero-order chi connectivity index (χ0) is 21.3. The van der Waals surface area contributed by atoms with Gasteiger partial charge in [-0.2, -0.15) is 0 Å². The van der Waals surface area contributed by atoms with E-state index in [0.29, 0.717) is 27.2 Å². The number of nitrogens with zero attached hydrogens (tertiary/aromatic N) is 2. The minimum Gasteiger partial charge on any atom is -0.452 e. The average molecular weight is 426 g/mol. The normalized spacial score (nSPS) is 10.8. The molecule has 2 heterocycles. The van der Waals surface area contributed by atoms with Crippen LogP contribution in [0.5, 0.6) is 0 Å². The number of carbonyl (C=O) groups is 1. The molecule has 0 saturated carbocycles. The van der Waals surface area contributed by atoms with Crippen LogP contribution in [0.15, 0.2) is 63.8 Å². The molecule has 10 heteroatoms. The molecule has 9 nitrogen and oxygen atoms in total. The van der Waals surface area contributed by atoms with Gasteiger partial charge in [-0.15, -0.1) is 0 Å². The Morgan fingerprint density at radius 2 is 1.93 bits per heavy atom. The van der Waals surface area contributed by atoms with E-state index in [2.05, 4.69) is 9.97 Å². The third-order valence-corrected chi connectivity index (χ3v) is 4.46. The van der Waals surface area contributed by atoms with Crippen LogP contribution < -0.4 is 5.56 Å². The standard InChI is InChI=1S/C20H12ClN3O6/c21-12-3-6-14-15(9-12)22-18(23-19(14)25)10-29-20(26)17-8-7-16(30-17)11-1-4-13(5-2-11)24(27)28/h1-9H,10H2,(H,22,23,25). The number of aromatic nitrogens is 2. The maximum absolute atomic E-state index is 12.3. The number of rotatable bonds is 5. The molecule has 150 valence electrons. The summed E-state index contributed by atoms with van der Waals surface area (Å²) in [5, 5.41) is 11.5. The van der Waals surface area contributed by atoms with Crippen molar-refractivity contribution < 1.29 is 18.9 Å². The van der Waals surface area contributed by atoms with Crippen molar-refractivity contribution in [3.63, 3.8) is 0 Å². The fourth-order valence-corrected chi connectivity index (χ4v) is 2.95. The molecular weight excluding hydrogens is 414 g/mol. The van der Waals surface area contributed by atoms with Gasteiger partial charge in [-0.3, -0.25) is 14.9 Å². The zero-order valence-electron chi connectivity index (χ0n) is 15.1. The van der Waals surface area contributed by atoms with Crippen molar-refractivity contribution in [1.82, 2.24) is 9.97 Å². The fraction of sp³-hybridized carbons (Fsp3) is 0.0500. The molecule has 0 aliphatic carbocycles. The lowest BCUT2D eigenvalue weighted by Gasteiger charge is -2.04. The number of fused-ring (bicyclic) bond motifs is 1. The predicted octanol–water partition coefficient (Wildman–Crippen LogP) is 4.10. The lowest BCUT2D eigenvalue weighted by Crippen LogP contribution is -2.14. The van der Waals surface area contributed by atoms with E-state index in [1.807, 2.05) is 0 Å². The van der Waals surface area contributed by atoms with Gasteiger partial charge >= 0.3 is 5.97 Å². The van der Waals surface area contributed by atoms with Crippen LogP contribution in [-0.4, -0.2) is 20.9 Å². The van der Waals surface area contributed by atoms with E-state index in [9.17, 15) is 19.7 Å². The molecule has 30 heavy (non-hydrogen) atoms. The highest BCUT2D eigenvalue weighted by Gasteiger charge is 2.16. The summed E-state index contributed by atoms with van der Waals surface area (Å²) in [4.78, 5) is 41.4. The average Bonchev–Trinajstić information content (AvgIpc) is 3.22. The van der Waals surface area contributed by atoms with Crippen molar-refractivity contribution in [3.05, 3.63) is 91.7 Å². The van der Waals surface area contributed by atoms with Gasteiger partial charge in [-0.1, -0.05) is 11.6 Å². The summed E-state index contributed by atoms with van der Waals surface area (Å²) in [5.41, 5.74) is 0.525. The summed E-state index contributed by atoms with van der Waals surface area (Å²) in [6, 6.07) is 13.4. The van der Waals surface area contributed by atoms with E-state index in [0.717, 1.165) is 0 Å². The van der Waals surface area contributed by atoms with Gasteiger partial charge in [-0.25, -0.2) is 9.78 Å². The quantitative estimate of drug-likeness (QED) is 0.289. The number of nitrogens with one attached hydrogen (secondary N) is 1. The van der Waals surface area contributed by atoms with Gasteiger partial charge in [0.1, 0.15) is 18.2 Å². The number of ether oxygens (including phenoxy) is 1. The molecule has 0 fully saturated rings. The number of benzene rings is 2. The maximum atomic E-state index is 12.3. The monoisotopic (exact) mass is 425 g/mol. The Hall–Kier alpha value is -3.98. The Kier molecular flexibility index (Phi) is 5.03. The lowest BCUT2D eigenvalue weighted by molar-refractivity contribution is -0.384. The molecular formula is C20H12ClN3O6. The van der Waals surface area contributed by atoms with Crippen molar-refractivity contribution in [2.24, 2.45) is 0 Å². The number of carbonyl (C=O) groups excluding carboxylic acids is 1. The molecule has 1 N–H and O–H groups in total. The van der Waals surface area contributed by atoms with Crippen molar-refractivity contribution in [2.75, 3.05) is 0 Å². The van der Waals surface area contributed by atoms with Crippen molar-refractivity contribution >= 4 is 34.2 Å².